The molecule has 0 bridgehead atoms. The fourth-order valence-electron chi connectivity index (χ4n) is 13.4. The van der Waals surface area contributed by atoms with E-state index in [0.717, 1.165) is 6.42 Å². The Hall–Kier alpha value is -6.78. The molecule has 1 fully saturated rings. The third kappa shape index (κ3) is 7.44. The number of benzene rings is 8. The highest BCUT2D eigenvalue weighted by Crippen LogP contribution is 2.61. The van der Waals surface area contributed by atoms with Crippen molar-refractivity contribution in [3.8, 4) is 22.3 Å². The molecular weight excluding hydrogens is 882 g/mol. The molecule has 0 saturated heterocycles. The number of hydrogen-bond acceptors (Lipinski definition) is 3. The first kappa shape index (κ1) is 47.2. The molecule has 1 aliphatic carbocycles. The van der Waals surface area contributed by atoms with Gasteiger partial charge >= 0.3 is 0 Å². The first-order valence-electron chi connectivity index (χ1n) is 27.1. The van der Waals surface area contributed by atoms with E-state index >= 15 is 0 Å². The summed E-state index contributed by atoms with van der Waals surface area (Å²) in [6.45, 7) is 28.2. The molecule has 1 saturated carbocycles. The van der Waals surface area contributed by atoms with E-state index in [2.05, 4.69) is 268 Å². The van der Waals surface area contributed by atoms with Gasteiger partial charge in [-0.3, -0.25) is 0 Å². The number of anilines is 8. The van der Waals surface area contributed by atoms with Gasteiger partial charge in [-0.25, -0.2) is 0 Å². The van der Waals surface area contributed by atoms with Gasteiger partial charge in [0.05, 0.1) is 11.2 Å². The SMILES string of the molecule is Cc1cc2c3c(c1)N(c1ccc(C(C)(C)C)cc1-c1ccccc1)c1ccc(-c4ccc(C(C)(C)C)cc4)cc1B3c1ccc(N3c4ccccc4C4(C)CCCCC34C)cc1N2c1ccc(C(C)(C)C)cc1. The molecule has 0 N–H and O–H groups in total. The Labute approximate surface area is 437 Å². The van der Waals surface area contributed by atoms with Gasteiger partial charge in [0.15, 0.2) is 0 Å². The zero-order chi connectivity index (χ0) is 51.0. The first-order valence-corrected chi connectivity index (χ1v) is 27.1. The molecule has 3 heterocycles. The first-order chi connectivity index (χ1) is 34.7. The Morgan fingerprint density at radius 3 is 1.68 bits per heavy atom. The minimum absolute atomic E-state index is 0.0251. The van der Waals surface area contributed by atoms with E-state index in [0.29, 0.717) is 0 Å². The van der Waals surface area contributed by atoms with Crippen molar-refractivity contribution >= 4 is 68.6 Å². The van der Waals surface area contributed by atoms with Crippen molar-refractivity contribution < 1.29 is 0 Å². The van der Waals surface area contributed by atoms with Crippen LogP contribution in [0.1, 0.15) is 130 Å². The van der Waals surface area contributed by atoms with E-state index in [-0.39, 0.29) is 33.9 Å². The molecule has 3 aliphatic heterocycles. The molecule has 0 spiro atoms. The minimum Gasteiger partial charge on any atom is -0.334 e. The average Bonchev–Trinajstić information content (AvgIpc) is 3.59. The van der Waals surface area contributed by atoms with Crippen LogP contribution in [-0.2, 0) is 21.7 Å². The summed E-state index contributed by atoms with van der Waals surface area (Å²) < 4.78 is 0. The van der Waals surface area contributed by atoms with Crippen molar-refractivity contribution in [1.82, 2.24) is 0 Å². The van der Waals surface area contributed by atoms with Gasteiger partial charge in [0.1, 0.15) is 0 Å². The molecule has 2 atom stereocenters. The maximum Gasteiger partial charge on any atom is 0.252 e. The molecule has 4 aliphatic rings. The summed E-state index contributed by atoms with van der Waals surface area (Å²) in [6.07, 6.45) is 4.87. The normalized spacial score (nSPS) is 19.0. The van der Waals surface area contributed by atoms with Gasteiger partial charge in [-0.1, -0.05) is 191 Å². The Balaban J connectivity index is 1.15. The highest BCUT2D eigenvalue weighted by atomic mass is 15.3. The van der Waals surface area contributed by atoms with E-state index < -0.39 is 0 Å². The van der Waals surface area contributed by atoms with Crippen molar-refractivity contribution in [3.05, 3.63) is 198 Å². The molecule has 0 amide bonds. The second-order valence-electron chi connectivity index (χ2n) is 25.5. The van der Waals surface area contributed by atoms with Gasteiger partial charge in [-0.2, -0.15) is 0 Å². The van der Waals surface area contributed by atoms with Crippen LogP contribution in [-0.4, -0.2) is 12.3 Å². The van der Waals surface area contributed by atoms with E-state index in [1.165, 1.54) is 131 Å². The predicted molar refractivity (Wildman–Crippen MR) is 315 cm³/mol. The second kappa shape index (κ2) is 16.6. The zero-order valence-corrected chi connectivity index (χ0v) is 45.4. The Morgan fingerprint density at radius 2 is 1.00 bits per heavy atom. The lowest BCUT2D eigenvalue weighted by atomic mass is 9.33. The smallest absolute Gasteiger partial charge is 0.252 e. The molecule has 0 radical (unpaired) electrons. The lowest BCUT2D eigenvalue weighted by Gasteiger charge is -2.50. The topological polar surface area (TPSA) is 9.72 Å². The summed E-state index contributed by atoms with van der Waals surface area (Å²) in [7, 11) is 0. The number of para-hydroxylation sites is 1. The molecule has 12 rings (SSSR count). The monoisotopic (exact) mass is 954 g/mol. The molecular formula is C69H72BN3. The number of nitrogens with zero attached hydrogens (tertiary/aromatic N) is 3. The number of rotatable bonds is 5. The van der Waals surface area contributed by atoms with Crippen molar-refractivity contribution in [2.24, 2.45) is 0 Å². The molecule has 4 heteroatoms. The molecule has 0 aromatic heterocycles. The van der Waals surface area contributed by atoms with Crippen LogP contribution in [0.3, 0.4) is 0 Å². The standard InChI is InChI=1S/C69H72BN3/c1-45-40-62-64-63(41-45)72(58-37-31-51(67(8,9)10)43-54(58)47-20-14-13-15-21-47)60-36-26-48(46-24-27-49(28-25-46)65(2,3)4)42-57(60)70(64)56-35-34-53(44-61(56)71(62)52-32-29-50(30-33-52)66(5,6)7)73-59-23-17-16-22-55(59)68(11)38-18-19-39-69(68,73)12/h13-17,20-37,40-44H,18-19,38-39H2,1-12H3. The van der Waals surface area contributed by atoms with Crippen molar-refractivity contribution in [1.29, 1.82) is 0 Å². The fraction of sp³-hybridized carbons (Fsp3) is 0.304. The van der Waals surface area contributed by atoms with Crippen LogP contribution >= 0.6 is 0 Å². The average molecular weight is 954 g/mol. The number of fused-ring (bicyclic) bond motifs is 7. The molecule has 2 unspecified atom stereocenters. The highest BCUT2D eigenvalue weighted by Gasteiger charge is 2.58. The van der Waals surface area contributed by atoms with Crippen molar-refractivity contribution in [2.75, 3.05) is 14.7 Å². The third-order valence-corrected chi connectivity index (χ3v) is 17.7. The van der Waals surface area contributed by atoms with Gasteiger partial charge in [0.25, 0.3) is 6.71 Å². The summed E-state index contributed by atoms with van der Waals surface area (Å²) in [5.74, 6) is 0. The summed E-state index contributed by atoms with van der Waals surface area (Å²) in [4.78, 5) is 7.99. The minimum atomic E-state index is -0.0624. The van der Waals surface area contributed by atoms with E-state index in [4.69, 9.17) is 0 Å². The van der Waals surface area contributed by atoms with Crippen molar-refractivity contribution in [2.45, 2.75) is 136 Å². The third-order valence-electron chi connectivity index (χ3n) is 17.7. The summed E-state index contributed by atoms with van der Waals surface area (Å²) in [5, 5.41) is 0. The molecule has 366 valence electrons. The molecule has 3 nitrogen and oxygen atoms in total. The van der Waals surface area contributed by atoms with E-state index in [1.807, 2.05) is 0 Å². The van der Waals surface area contributed by atoms with Crippen LogP contribution in [0.4, 0.5) is 45.5 Å². The Morgan fingerprint density at radius 1 is 0.425 bits per heavy atom. The van der Waals surface area contributed by atoms with Gasteiger partial charge in [-0.15, -0.1) is 0 Å². The van der Waals surface area contributed by atoms with E-state index in [1.54, 1.807) is 0 Å². The van der Waals surface area contributed by atoms with Crippen LogP contribution < -0.4 is 31.1 Å². The lowest BCUT2D eigenvalue weighted by molar-refractivity contribution is 0.195. The Bertz CT molecular complexity index is 3460. The number of aryl methyl sites for hydroxylation is 1. The molecule has 8 aromatic rings. The van der Waals surface area contributed by atoms with Crippen LogP contribution in [0, 0.1) is 6.92 Å². The summed E-state index contributed by atoms with van der Waals surface area (Å²) in [6, 6.07) is 66.2. The van der Waals surface area contributed by atoms with Gasteiger partial charge in [-0.05, 0) is 164 Å². The quantitative estimate of drug-likeness (QED) is 0.159. The fourth-order valence-corrected chi connectivity index (χ4v) is 13.4. The van der Waals surface area contributed by atoms with Crippen LogP contribution in [0.25, 0.3) is 22.3 Å². The van der Waals surface area contributed by atoms with E-state index in [9.17, 15) is 0 Å². The predicted octanol–water partition coefficient (Wildman–Crippen LogP) is 17.0. The van der Waals surface area contributed by atoms with Gasteiger partial charge in [0.2, 0.25) is 0 Å². The lowest BCUT2D eigenvalue weighted by Crippen LogP contribution is -2.61. The van der Waals surface area contributed by atoms with Gasteiger partial charge in [0, 0.05) is 50.8 Å². The summed E-state index contributed by atoms with van der Waals surface area (Å²) in [5.41, 5.74) is 25.7. The number of hydrogen-bond donors (Lipinski definition) is 0. The van der Waals surface area contributed by atoms with Gasteiger partial charge < -0.3 is 14.7 Å². The highest BCUT2D eigenvalue weighted by molar-refractivity contribution is 7.00. The maximum atomic E-state index is 2.75. The van der Waals surface area contributed by atoms with Crippen LogP contribution in [0.2, 0.25) is 0 Å². The largest absolute Gasteiger partial charge is 0.334 e. The maximum absolute atomic E-state index is 2.75. The second-order valence-corrected chi connectivity index (χ2v) is 25.5. The Kier molecular flexibility index (Phi) is 10.8. The van der Waals surface area contributed by atoms with Crippen LogP contribution in [0.5, 0.6) is 0 Å². The molecule has 8 aromatic carbocycles. The van der Waals surface area contributed by atoms with Crippen molar-refractivity contribution in [3.63, 3.8) is 0 Å². The van der Waals surface area contributed by atoms with Crippen LogP contribution in [0.15, 0.2) is 170 Å². The molecule has 73 heavy (non-hydrogen) atoms. The zero-order valence-electron chi connectivity index (χ0n) is 45.4. The summed E-state index contributed by atoms with van der Waals surface area (Å²) >= 11 is 0.